The van der Waals surface area contributed by atoms with E-state index in [4.69, 9.17) is 0 Å². The number of rotatable bonds is 3. The second-order valence-corrected chi connectivity index (χ2v) is 4.30. The zero-order valence-corrected chi connectivity index (χ0v) is 10.5. The fourth-order valence-corrected chi connectivity index (χ4v) is 1.80. The summed E-state index contributed by atoms with van der Waals surface area (Å²) >= 11 is 0. The second kappa shape index (κ2) is 5.52. The lowest BCUT2D eigenvalue weighted by Gasteiger charge is -2.17. The van der Waals surface area contributed by atoms with Gasteiger partial charge in [-0.15, -0.1) is 0 Å². The molecule has 4 heteroatoms. The maximum Gasteiger partial charge on any atom is 0.257 e. The van der Waals surface area contributed by atoms with Crippen molar-refractivity contribution in [1.82, 2.24) is 4.90 Å². The fourth-order valence-electron chi connectivity index (χ4n) is 1.80. The Morgan fingerprint density at radius 2 is 1.79 bits per heavy atom. The molecule has 19 heavy (non-hydrogen) atoms. The Morgan fingerprint density at radius 1 is 1.16 bits per heavy atom. The van der Waals surface area contributed by atoms with E-state index in [1.54, 1.807) is 37.4 Å². The zero-order chi connectivity index (χ0) is 13.8. The van der Waals surface area contributed by atoms with Gasteiger partial charge in [-0.2, -0.15) is 0 Å². The normalized spacial score (nSPS) is 10.2. The molecule has 0 aromatic heterocycles. The lowest BCUT2D eigenvalue weighted by Crippen LogP contribution is -2.26. The molecule has 1 N–H and O–H groups in total. The van der Waals surface area contributed by atoms with Crippen LogP contribution in [0.1, 0.15) is 15.9 Å². The minimum atomic E-state index is -0.307. The molecule has 0 spiro atoms. The Labute approximate surface area is 110 Å². The molecule has 0 saturated carbocycles. The molecule has 0 atom stereocenters. The summed E-state index contributed by atoms with van der Waals surface area (Å²) < 4.78 is 12.8. The quantitative estimate of drug-likeness (QED) is 0.920. The summed E-state index contributed by atoms with van der Waals surface area (Å²) in [7, 11) is 1.64. The van der Waals surface area contributed by atoms with E-state index in [-0.39, 0.29) is 23.0 Å². The monoisotopic (exact) mass is 259 g/mol. The first kappa shape index (κ1) is 13.1. The minimum absolute atomic E-state index is 0.0431. The van der Waals surface area contributed by atoms with Crippen LogP contribution in [0.3, 0.4) is 0 Å². The van der Waals surface area contributed by atoms with Crippen LogP contribution in [0.4, 0.5) is 4.39 Å². The average Bonchev–Trinajstić information content (AvgIpc) is 2.41. The first-order chi connectivity index (χ1) is 9.08. The van der Waals surface area contributed by atoms with Gasteiger partial charge in [-0.25, -0.2) is 4.39 Å². The summed E-state index contributed by atoms with van der Waals surface area (Å²) in [6.45, 7) is 0.355. The summed E-state index contributed by atoms with van der Waals surface area (Å²) in [5.74, 6) is -0.626. The Bertz CT molecular complexity index is 581. The molecule has 1 amide bonds. The topological polar surface area (TPSA) is 40.5 Å². The number of halogens is 1. The highest BCUT2D eigenvalue weighted by Gasteiger charge is 2.15. The number of amides is 1. The van der Waals surface area contributed by atoms with Gasteiger partial charge in [-0.05, 0) is 29.8 Å². The van der Waals surface area contributed by atoms with E-state index in [1.807, 2.05) is 0 Å². The second-order valence-electron chi connectivity index (χ2n) is 4.30. The predicted octanol–water partition coefficient (Wildman–Crippen LogP) is 2.80. The van der Waals surface area contributed by atoms with E-state index in [2.05, 4.69) is 0 Å². The number of para-hydroxylation sites is 1. The molecule has 2 rings (SSSR count). The third-order valence-corrected chi connectivity index (χ3v) is 2.81. The van der Waals surface area contributed by atoms with Crippen LogP contribution in [0.25, 0.3) is 0 Å². The lowest BCUT2D eigenvalue weighted by molar-refractivity contribution is 0.0782. The number of nitrogens with zero attached hydrogens (tertiary/aromatic N) is 1. The van der Waals surface area contributed by atoms with Gasteiger partial charge in [0.1, 0.15) is 11.6 Å². The number of benzene rings is 2. The van der Waals surface area contributed by atoms with Gasteiger partial charge in [0.25, 0.3) is 5.91 Å². The first-order valence-corrected chi connectivity index (χ1v) is 5.86. The molecule has 0 heterocycles. The number of carbonyl (C=O) groups excluding carboxylic acids is 1. The number of hydrogen-bond acceptors (Lipinski definition) is 2. The molecular formula is C15H14FNO2. The van der Waals surface area contributed by atoms with E-state index in [9.17, 15) is 14.3 Å². The van der Waals surface area contributed by atoms with Crippen molar-refractivity contribution in [1.29, 1.82) is 0 Å². The third-order valence-electron chi connectivity index (χ3n) is 2.81. The average molecular weight is 259 g/mol. The van der Waals surface area contributed by atoms with Crippen LogP contribution >= 0.6 is 0 Å². The van der Waals surface area contributed by atoms with E-state index in [0.717, 1.165) is 5.56 Å². The largest absolute Gasteiger partial charge is 0.507 e. The van der Waals surface area contributed by atoms with Gasteiger partial charge in [-0.1, -0.05) is 24.3 Å². The molecule has 0 fully saturated rings. The molecular weight excluding hydrogens is 245 g/mol. The Hall–Kier alpha value is -2.36. The maximum atomic E-state index is 12.8. The summed E-state index contributed by atoms with van der Waals surface area (Å²) in [6, 6.07) is 12.4. The summed E-state index contributed by atoms with van der Waals surface area (Å²) in [5, 5.41) is 9.64. The third kappa shape index (κ3) is 3.10. The van der Waals surface area contributed by atoms with Crippen molar-refractivity contribution in [3.8, 4) is 5.75 Å². The number of carbonyl (C=O) groups is 1. The standard InChI is InChI=1S/C15H14FNO2/c1-17(10-11-6-8-12(16)9-7-11)15(19)13-4-2-3-5-14(13)18/h2-9,18H,10H2,1H3. The first-order valence-electron chi connectivity index (χ1n) is 5.86. The van der Waals surface area contributed by atoms with Crippen molar-refractivity contribution in [3.63, 3.8) is 0 Å². The molecule has 0 saturated heterocycles. The van der Waals surface area contributed by atoms with Gasteiger partial charge >= 0.3 is 0 Å². The Balaban J connectivity index is 2.12. The van der Waals surface area contributed by atoms with Crippen molar-refractivity contribution in [2.24, 2.45) is 0 Å². The van der Waals surface area contributed by atoms with Gasteiger partial charge in [0.05, 0.1) is 5.56 Å². The molecule has 2 aromatic carbocycles. The van der Waals surface area contributed by atoms with E-state index >= 15 is 0 Å². The van der Waals surface area contributed by atoms with Crippen LogP contribution < -0.4 is 0 Å². The Morgan fingerprint density at radius 3 is 2.42 bits per heavy atom. The molecule has 3 nitrogen and oxygen atoms in total. The summed E-state index contributed by atoms with van der Waals surface area (Å²) in [6.07, 6.45) is 0. The van der Waals surface area contributed by atoms with Crippen molar-refractivity contribution in [3.05, 3.63) is 65.5 Å². The molecule has 0 aliphatic carbocycles. The van der Waals surface area contributed by atoms with Gasteiger partial charge in [0.15, 0.2) is 0 Å². The minimum Gasteiger partial charge on any atom is -0.507 e. The lowest BCUT2D eigenvalue weighted by atomic mass is 10.1. The number of phenolic OH excluding ortho intramolecular Hbond substituents is 1. The van der Waals surface area contributed by atoms with Crippen LogP contribution in [-0.4, -0.2) is 23.0 Å². The van der Waals surface area contributed by atoms with Crippen LogP contribution in [0.5, 0.6) is 5.75 Å². The van der Waals surface area contributed by atoms with Gasteiger partial charge in [-0.3, -0.25) is 4.79 Å². The molecule has 0 aliphatic heterocycles. The van der Waals surface area contributed by atoms with Gasteiger partial charge in [0, 0.05) is 13.6 Å². The van der Waals surface area contributed by atoms with Gasteiger partial charge < -0.3 is 10.0 Å². The number of hydrogen-bond donors (Lipinski definition) is 1. The number of phenols is 1. The SMILES string of the molecule is CN(Cc1ccc(F)cc1)C(=O)c1ccccc1O. The number of aromatic hydroxyl groups is 1. The van der Waals surface area contributed by atoms with E-state index < -0.39 is 0 Å². The van der Waals surface area contributed by atoms with Crippen LogP contribution in [0.15, 0.2) is 48.5 Å². The Kier molecular flexibility index (Phi) is 3.80. The molecule has 0 aliphatic rings. The summed E-state index contributed by atoms with van der Waals surface area (Å²) in [4.78, 5) is 13.6. The molecule has 2 aromatic rings. The van der Waals surface area contributed by atoms with Crippen molar-refractivity contribution in [2.45, 2.75) is 6.54 Å². The van der Waals surface area contributed by atoms with Gasteiger partial charge in [0.2, 0.25) is 0 Å². The van der Waals surface area contributed by atoms with E-state index in [1.165, 1.54) is 23.1 Å². The molecule has 0 radical (unpaired) electrons. The molecule has 98 valence electrons. The maximum absolute atomic E-state index is 12.8. The predicted molar refractivity (Wildman–Crippen MR) is 70.3 cm³/mol. The smallest absolute Gasteiger partial charge is 0.257 e. The van der Waals surface area contributed by atoms with Crippen LogP contribution in [-0.2, 0) is 6.54 Å². The molecule has 0 bridgehead atoms. The van der Waals surface area contributed by atoms with Crippen LogP contribution in [0.2, 0.25) is 0 Å². The fraction of sp³-hybridized carbons (Fsp3) is 0.133. The van der Waals surface area contributed by atoms with Crippen molar-refractivity contribution >= 4 is 5.91 Å². The van der Waals surface area contributed by atoms with Crippen LogP contribution in [0, 0.1) is 5.82 Å². The highest BCUT2D eigenvalue weighted by atomic mass is 19.1. The van der Waals surface area contributed by atoms with Crippen molar-refractivity contribution < 1.29 is 14.3 Å². The highest BCUT2D eigenvalue weighted by Crippen LogP contribution is 2.18. The molecule has 0 unspecified atom stereocenters. The van der Waals surface area contributed by atoms with Crippen molar-refractivity contribution in [2.75, 3.05) is 7.05 Å². The zero-order valence-electron chi connectivity index (χ0n) is 10.5. The van der Waals surface area contributed by atoms with E-state index in [0.29, 0.717) is 6.54 Å². The summed E-state index contributed by atoms with van der Waals surface area (Å²) in [5.41, 5.74) is 1.08. The highest BCUT2D eigenvalue weighted by molar-refractivity contribution is 5.96.